The van der Waals surface area contributed by atoms with Crippen molar-refractivity contribution in [2.75, 3.05) is 33.9 Å². The molecule has 2 N–H and O–H groups in total. The number of amides is 1. The van der Waals surface area contributed by atoms with Gasteiger partial charge in [0.05, 0.1) is 0 Å². The van der Waals surface area contributed by atoms with Crippen LogP contribution >= 0.6 is 0 Å². The Morgan fingerprint density at radius 3 is 2.06 bits per heavy atom. The number of hydrogen-bond acceptors (Lipinski definition) is 3. The molecule has 4 heteroatoms. The minimum atomic E-state index is -0.131. The maximum absolute atomic E-state index is 10.7. The van der Waals surface area contributed by atoms with Crippen LogP contribution in [0.15, 0.2) is 0 Å². The number of carbonyl (C=O) groups is 1. The minimum absolute atomic E-state index is 0.131. The Hall–Kier alpha value is -0.610. The van der Waals surface area contributed by atoms with Gasteiger partial charge < -0.3 is 15.4 Å². The largest absolute Gasteiger partial charge is 0.385 e. The molecule has 1 heterocycles. The molecule has 0 radical (unpaired) electrons. The second-order valence-corrected chi connectivity index (χ2v) is 3.97. The third kappa shape index (κ3) is 11.6. The van der Waals surface area contributed by atoms with E-state index in [0.717, 1.165) is 39.0 Å². The number of carbonyl (C=O) groups excluding carboxylic acids is 1. The van der Waals surface area contributed by atoms with Crippen molar-refractivity contribution < 1.29 is 9.53 Å². The summed E-state index contributed by atoms with van der Waals surface area (Å²) in [6, 6.07) is 0. The SMILES string of the molecule is CC.CCCOC.CN1CCC(C(N)=O)CC1. The lowest BCUT2D eigenvalue weighted by atomic mass is 9.97. The van der Waals surface area contributed by atoms with Crippen molar-refractivity contribution in [3.8, 4) is 0 Å². The van der Waals surface area contributed by atoms with E-state index in [0.29, 0.717) is 0 Å². The van der Waals surface area contributed by atoms with Crippen LogP contribution in [0.5, 0.6) is 0 Å². The van der Waals surface area contributed by atoms with E-state index in [-0.39, 0.29) is 11.8 Å². The summed E-state index contributed by atoms with van der Waals surface area (Å²) < 4.78 is 4.69. The van der Waals surface area contributed by atoms with Crippen molar-refractivity contribution in [1.82, 2.24) is 4.90 Å². The summed E-state index contributed by atoms with van der Waals surface area (Å²) in [5, 5.41) is 0. The number of primary amides is 1. The number of rotatable bonds is 3. The normalized spacial score (nSPS) is 16.3. The van der Waals surface area contributed by atoms with E-state index in [1.165, 1.54) is 0 Å². The van der Waals surface area contributed by atoms with Crippen molar-refractivity contribution in [2.45, 2.75) is 40.0 Å². The zero-order valence-electron chi connectivity index (χ0n) is 12.2. The maximum atomic E-state index is 10.7. The molecular weight excluding hydrogens is 216 g/mol. The van der Waals surface area contributed by atoms with Gasteiger partial charge in [-0.1, -0.05) is 20.8 Å². The molecule has 1 fully saturated rings. The maximum Gasteiger partial charge on any atom is 0.220 e. The summed E-state index contributed by atoms with van der Waals surface area (Å²) >= 11 is 0. The third-order valence-corrected chi connectivity index (χ3v) is 2.53. The molecule has 0 aliphatic carbocycles. The Kier molecular flexibility index (Phi) is 14.8. The van der Waals surface area contributed by atoms with Gasteiger partial charge in [0.25, 0.3) is 0 Å². The fourth-order valence-corrected chi connectivity index (χ4v) is 1.50. The van der Waals surface area contributed by atoms with Crippen LogP contribution in [0.2, 0.25) is 0 Å². The molecule has 0 aromatic carbocycles. The van der Waals surface area contributed by atoms with Gasteiger partial charge in [-0.25, -0.2) is 0 Å². The second kappa shape index (κ2) is 13.5. The van der Waals surface area contributed by atoms with E-state index < -0.39 is 0 Å². The van der Waals surface area contributed by atoms with Crippen LogP contribution in [-0.4, -0.2) is 44.7 Å². The van der Waals surface area contributed by atoms with Crippen molar-refractivity contribution in [3.05, 3.63) is 0 Å². The van der Waals surface area contributed by atoms with Crippen molar-refractivity contribution >= 4 is 5.91 Å². The summed E-state index contributed by atoms with van der Waals surface area (Å²) in [6.45, 7) is 8.99. The summed E-state index contributed by atoms with van der Waals surface area (Å²) in [7, 11) is 3.78. The lowest BCUT2D eigenvalue weighted by Gasteiger charge is -2.26. The van der Waals surface area contributed by atoms with Gasteiger partial charge in [0.1, 0.15) is 0 Å². The van der Waals surface area contributed by atoms with E-state index in [1.807, 2.05) is 13.8 Å². The molecule has 0 bridgehead atoms. The van der Waals surface area contributed by atoms with E-state index in [9.17, 15) is 4.79 Å². The number of ether oxygens (including phenoxy) is 1. The van der Waals surface area contributed by atoms with Crippen LogP contribution < -0.4 is 5.73 Å². The number of methoxy groups -OCH3 is 1. The van der Waals surface area contributed by atoms with Gasteiger partial charge >= 0.3 is 0 Å². The first kappa shape index (κ1) is 18.7. The standard InChI is InChI=1S/C7H14N2O.C4H10O.C2H6/c1-9-4-2-6(3-5-9)7(8)10;1-3-4-5-2;1-2/h6H,2-5H2,1H3,(H2,8,10);3-4H2,1-2H3;1-2H3. The summed E-state index contributed by atoms with van der Waals surface area (Å²) in [5.41, 5.74) is 5.16. The molecule has 0 unspecified atom stereocenters. The Bertz CT molecular complexity index is 165. The van der Waals surface area contributed by atoms with Crippen LogP contribution in [0.25, 0.3) is 0 Å². The highest BCUT2D eigenvalue weighted by molar-refractivity contribution is 5.76. The predicted molar refractivity (Wildman–Crippen MR) is 72.9 cm³/mol. The molecule has 1 aliphatic rings. The summed E-state index contributed by atoms with van der Waals surface area (Å²) in [5.74, 6) is 0.00398. The van der Waals surface area contributed by atoms with E-state index >= 15 is 0 Å². The lowest BCUT2D eigenvalue weighted by molar-refractivity contribution is -0.123. The first-order valence-corrected chi connectivity index (χ1v) is 6.58. The Labute approximate surface area is 106 Å². The molecule has 1 amide bonds. The quantitative estimate of drug-likeness (QED) is 0.827. The van der Waals surface area contributed by atoms with E-state index in [1.54, 1.807) is 7.11 Å². The molecule has 1 aliphatic heterocycles. The van der Waals surface area contributed by atoms with Crippen LogP contribution in [0.3, 0.4) is 0 Å². The van der Waals surface area contributed by atoms with Crippen molar-refractivity contribution in [1.29, 1.82) is 0 Å². The minimum Gasteiger partial charge on any atom is -0.385 e. The molecule has 0 atom stereocenters. The molecular formula is C13H30N2O2. The smallest absolute Gasteiger partial charge is 0.220 e. The summed E-state index contributed by atoms with van der Waals surface area (Å²) in [6.07, 6.45) is 2.99. The van der Waals surface area contributed by atoms with Gasteiger partial charge in [-0.05, 0) is 39.4 Å². The molecule has 17 heavy (non-hydrogen) atoms. The number of nitrogens with zero attached hydrogens (tertiary/aromatic N) is 1. The lowest BCUT2D eigenvalue weighted by Crippen LogP contribution is -2.36. The zero-order valence-corrected chi connectivity index (χ0v) is 12.2. The molecule has 104 valence electrons. The van der Waals surface area contributed by atoms with Gasteiger partial charge in [0, 0.05) is 19.6 Å². The predicted octanol–water partition coefficient (Wildman–Crippen LogP) is 1.88. The first-order chi connectivity index (χ1) is 8.11. The van der Waals surface area contributed by atoms with Gasteiger partial charge in [-0.3, -0.25) is 4.79 Å². The van der Waals surface area contributed by atoms with Crippen LogP contribution in [-0.2, 0) is 9.53 Å². The van der Waals surface area contributed by atoms with Crippen molar-refractivity contribution in [2.24, 2.45) is 11.7 Å². The molecule has 0 aromatic rings. The van der Waals surface area contributed by atoms with Crippen LogP contribution in [0, 0.1) is 5.92 Å². The Morgan fingerprint density at radius 1 is 1.35 bits per heavy atom. The second-order valence-electron chi connectivity index (χ2n) is 3.97. The third-order valence-electron chi connectivity index (χ3n) is 2.53. The Balaban J connectivity index is 0. The van der Waals surface area contributed by atoms with Gasteiger partial charge in [0.2, 0.25) is 5.91 Å². The molecule has 1 saturated heterocycles. The fraction of sp³-hybridized carbons (Fsp3) is 0.923. The highest BCUT2D eigenvalue weighted by Crippen LogP contribution is 2.14. The number of nitrogens with two attached hydrogens (primary N) is 1. The van der Waals surface area contributed by atoms with Crippen LogP contribution in [0.4, 0.5) is 0 Å². The number of hydrogen-bond donors (Lipinski definition) is 1. The zero-order chi connectivity index (χ0) is 13.7. The molecule has 0 saturated carbocycles. The summed E-state index contributed by atoms with van der Waals surface area (Å²) in [4.78, 5) is 12.9. The monoisotopic (exact) mass is 246 g/mol. The van der Waals surface area contributed by atoms with Gasteiger partial charge in [-0.2, -0.15) is 0 Å². The van der Waals surface area contributed by atoms with E-state index in [4.69, 9.17) is 10.5 Å². The first-order valence-electron chi connectivity index (χ1n) is 6.58. The molecule has 4 nitrogen and oxygen atoms in total. The average molecular weight is 246 g/mol. The molecule has 0 aromatic heterocycles. The Morgan fingerprint density at radius 2 is 1.82 bits per heavy atom. The van der Waals surface area contributed by atoms with Gasteiger partial charge in [0.15, 0.2) is 0 Å². The van der Waals surface area contributed by atoms with Crippen molar-refractivity contribution in [3.63, 3.8) is 0 Å². The topological polar surface area (TPSA) is 55.6 Å². The molecule has 1 rings (SSSR count). The van der Waals surface area contributed by atoms with Crippen LogP contribution in [0.1, 0.15) is 40.0 Å². The average Bonchev–Trinajstić information content (AvgIpc) is 2.34. The van der Waals surface area contributed by atoms with E-state index in [2.05, 4.69) is 18.9 Å². The van der Waals surface area contributed by atoms with Gasteiger partial charge in [-0.15, -0.1) is 0 Å². The fourth-order valence-electron chi connectivity index (χ4n) is 1.50. The number of likely N-dealkylation sites (tertiary alicyclic amines) is 1. The molecule has 0 spiro atoms. The number of piperidine rings is 1. The highest BCUT2D eigenvalue weighted by atomic mass is 16.5. The highest BCUT2D eigenvalue weighted by Gasteiger charge is 2.20.